The number of nitrogens with one attached hydrogen (secondary N) is 1. The highest BCUT2D eigenvalue weighted by Crippen LogP contribution is 2.16. The molecule has 1 fully saturated rings. The van der Waals surface area contributed by atoms with Gasteiger partial charge >= 0.3 is 0 Å². The maximum absolute atomic E-state index is 10.5. The van der Waals surface area contributed by atoms with E-state index < -0.39 is 0 Å². The number of nitrogens with zero attached hydrogens (tertiary/aromatic N) is 1. The lowest BCUT2D eigenvalue weighted by molar-refractivity contribution is -0.110. The van der Waals surface area contributed by atoms with E-state index in [0.29, 0.717) is 12.0 Å². The summed E-state index contributed by atoms with van der Waals surface area (Å²) in [4.78, 5) is 13.0. The van der Waals surface area contributed by atoms with E-state index >= 15 is 0 Å². The van der Waals surface area contributed by atoms with Gasteiger partial charge in [0.2, 0.25) is 6.41 Å². The second kappa shape index (κ2) is 6.11. The minimum absolute atomic E-state index is 0.302. The number of hydrogen-bond donors (Lipinski definition) is 1. The Hall–Kier alpha value is -0.570. The van der Waals surface area contributed by atoms with Crippen molar-refractivity contribution in [3.05, 3.63) is 0 Å². The molecular formula is C12H24N2O. The van der Waals surface area contributed by atoms with E-state index in [1.807, 2.05) is 0 Å². The molecule has 1 heterocycles. The van der Waals surface area contributed by atoms with Gasteiger partial charge in [-0.15, -0.1) is 0 Å². The molecule has 1 atom stereocenters. The second-order valence-corrected chi connectivity index (χ2v) is 5.12. The summed E-state index contributed by atoms with van der Waals surface area (Å²) in [5.41, 5.74) is 0. The first kappa shape index (κ1) is 12.5. The van der Waals surface area contributed by atoms with Gasteiger partial charge in [0.25, 0.3) is 0 Å². The van der Waals surface area contributed by atoms with Crippen molar-refractivity contribution in [2.24, 2.45) is 11.8 Å². The highest BCUT2D eigenvalue weighted by atomic mass is 16.1. The zero-order valence-electron chi connectivity index (χ0n) is 10.2. The molecule has 0 spiro atoms. The minimum Gasteiger partial charge on any atom is -0.354 e. The van der Waals surface area contributed by atoms with Gasteiger partial charge in [0, 0.05) is 12.6 Å². The van der Waals surface area contributed by atoms with Gasteiger partial charge in [0.05, 0.1) is 0 Å². The zero-order valence-corrected chi connectivity index (χ0v) is 10.2. The fourth-order valence-corrected chi connectivity index (χ4v) is 2.07. The number of piperidine rings is 1. The van der Waals surface area contributed by atoms with Gasteiger partial charge in [0.1, 0.15) is 0 Å². The third kappa shape index (κ3) is 4.20. The summed E-state index contributed by atoms with van der Waals surface area (Å²) in [6.07, 6.45) is 3.43. The van der Waals surface area contributed by atoms with E-state index in [9.17, 15) is 4.79 Å². The van der Waals surface area contributed by atoms with Gasteiger partial charge in [-0.2, -0.15) is 0 Å². The van der Waals surface area contributed by atoms with Crippen LogP contribution in [0.3, 0.4) is 0 Å². The van der Waals surface area contributed by atoms with Crippen LogP contribution in [-0.4, -0.2) is 37.0 Å². The van der Waals surface area contributed by atoms with Gasteiger partial charge in [-0.05, 0) is 37.8 Å². The molecule has 1 rings (SSSR count). The second-order valence-electron chi connectivity index (χ2n) is 5.12. The van der Waals surface area contributed by atoms with E-state index in [0.717, 1.165) is 18.9 Å². The van der Waals surface area contributed by atoms with Crippen molar-refractivity contribution < 1.29 is 4.79 Å². The van der Waals surface area contributed by atoms with Gasteiger partial charge in [-0.25, -0.2) is 0 Å². The van der Waals surface area contributed by atoms with Crippen LogP contribution in [0.2, 0.25) is 0 Å². The van der Waals surface area contributed by atoms with E-state index in [2.05, 4.69) is 31.0 Å². The molecule has 1 saturated heterocycles. The third-order valence-electron chi connectivity index (χ3n) is 3.42. The average Bonchev–Trinajstić information content (AvgIpc) is 2.20. The SMILES string of the molecule is CC1CCN(CC(NC=O)C(C)C)CC1. The molecule has 0 saturated carbocycles. The fraction of sp³-hybridized carbons (Fsp3) is 0.917. The summed E-state index contributed by atoms with van der Waals surface area (Å²) < 4.78 is 0. The molecule has 88 valence electrons. The molecule has 15 heavy (non-hydrogen) atoms. The van der Waals surface area contributed by atoms with Gasteiger partial charge in [-0.1, -0.05) is 20.8 Å². The van der Waals surface area contributed by atoms with E-state index in [4.69, 9.17) is 0 Å². The number of amides is 1. The Morgan fingerprint density at radius 3 is 2.47 bits per heavy atom. The molecule has 1 unspecified atom stereocenters. The third-order valence-corrected chi connectivity index (χ3v) is 3.42. The highest BCUT2D eigenvalue weighted by molar-refractivity contribution is 5.46. The van der Waals surface area contributed by atoms with Crippen LogP contribution in [0, 0.1) is 11.8 Å². The molecule has 0 radical (unpaired) electrons. The number of carbonyl (C=O) groups excluding carboxylic acids is 1. The first-order valence-corrected chi connectivity index (χ1v) is 6.05. The summed E-state index contributed by atoms with van der Waals surface area (Å²) in [6.45, 7) is 10.0. The Labute approximate surface area is 93.2 Å². The van der Waals surface area contributed by atoms with Gasteiger partial charge in [0.15, 0.2) is 0 Å². The standard InChI is InChI=1S/C12H24N2O/c1-10(2)12(13-9-15)8-14-6-4-11(3)5-7-14/h9-12H,4-8H2,1-3H3,(H,13,15). The van der Waals surface area contributed by atoms with Crippen molar-refractivity contribution >= 4 is 6.41 Å². The lowest BCUT2D eigenvalue weighted by Crippen LogP contribution is -2.46. The van der Waals surface area contributed by atoms with Crippen LogP contribution in [0.1, 0.15) is 33.6 Å². The van der Waals surface area contributed by atoms with Crippen LogP contribution in [0.5, 0.6) is 0 Å². The predicted octanol–water partition coefficient (Wildman–Crippen LogP) is 1.49. The molecular weight excluding hydrogens is 188 g/mol. The average molecular weight is 212 g/mol. The highest BCUT2D eigenvalue weighted by Gasteiger charge is 2.20. The molecule has 0 aliphatic carbocycles. The summed E-state index contributed by atoms with van der Waals surface area (Å²) in [5.74, 6) is 1.38. The normalized spacial score (nSPS) is 21.6. The lowest BCUT2D eigenvalue weighted by Gasteiger charge is -2.34. The molecule has 0 aromatic rings. The summed E-state index contributed by atoms with van der Waals surface area (Å²) >= 11 is 0. The summed E-state index contributed by atoms with van der Waals surface area (Å²) in [6, 6.07) is 0.302. The molecule has 0 aromatic carbocycles. The Kier molecular flexibility index (Phi) is 5.09. The molecule has 1 N–H and O–H groups in total. The Balaban J connectivity index is 2.34. The molecule has 1 aliphatic heterocycles. The van der Waals surface area contributed by atoms with Crippen LogP contribution in [0.4, 0.5) is 0 Å². The topological polar surface area (TPSA) is 32.3 Å². The number of hydrogen-bond acceptors (Lipinski definition) is 2. The Morgan fingerprint density at radius 2 is 2.00 bits per heavy atom. The van der Waals surface area contributed by atoms with E-state index in [1.54, 1.807) is 0 Å². The maximum atomic E-state index is 10.5. The zero-order chi connectivity index (χ0) is 11.3. The number of carbonyl (C=O) groups is 1. The monoisotopic (exact) mass is 212 g/mol. The molecule has 3 nitrogen and oxygen atoms in total. The Bertz CT molecular complexity index is 186. The van der Waals surface area contributed by atoms with E-state index in [1.165, 1.54) is 25.9 Å². The Morgan fingerprint density at radius 1 is 1.40 bits per heavy atom. The van der Waals surface area contributed by atoms with Crippen molar-refractivity contribution in [3.8, 4) is 0 Å². The van der Waals surface area contributed by atoms with Crippen LogP contribution in [0.25, 0.3) is 0 Å². The quantitative estimate of drug-likeness (QED) is 0.700. The van der Waals surface area contributed by atoms with Crippen molar-refractivity contribution in [1.82, 2.24) is 10.2 Å². The minimum atomic E-state index is 0.302. The van der Waals surface area contributed by atoms with Crippen LogP contribution >= 0.6 is 0 Å². The summed E-state index contributed by atoms with van der Waals surface area (Å²) in [7, 11) is 0. The van der Waals surface area contributed by atoms with Crippen LogP contribution in [0.15, 0.2) is 0 Å². The fourth-order valence-electron chi connectivity index (χ4n) is 2.07. The number of likely N-dealkylation sites (tertiary alicyclic amines) is 1. The lowest BCUT2D eigenvalue weighted by atomic mass is 9.97. The molecule has 1 amide bonds. The molecule has 3 heteroatoms. The smallest absolute Gasteiger partial charge is 0.207 e. The van der Waals surface area contributed by atoms with Crippen LogP contribution in [-0.2, 0) is 4.79 Å². The van der Waals surface area contributed by atoms with Crippen molar-refractivity contribution in [2.45, 2.75) is 39.7 Å². The van der Waals surface area contributed by atoms with Gasteiger partial charge in [-0.3, -0.25) is 4.79 Å². The summed E-state index contributed by atoms with van der Waals surface area (Å²) in [5, 5.41) is 2.92. The van der Waals surface area contributed by atoms with E-state index in [-0.39, 0.29) is 0 Å². The largest absolute Gasteiger partial charge is 0.354 e. The molecule has 1 aliphatic rings. The van der Waals surface area contributed by atoms with Crippen molar-refractivity contribution in [2.75, 3.05) is 19.6 Å². The van der Waals surface area contributed by atoms with Crippen LogP contribution < -0.4 is 5.32 Å². The first-order chi connectivity index (χ1) is 7.13. The van der Waals surface area contributed by atoms with Crippen molar-refractivity contribution in [3.63, 3.8) is 0 Å². The molecule has 0 bridgehead atoms. The van der Waals surface area contributed by atoms with Gasteiger partial charge < -0.3 is 10.2 Å². The molecule has 0 aromatic heterocycles. The predicted molar refractivity (Wildman–Crippen MR) is 62.7 cm³/mol. The maximum Gasteiger partial charge on any atom is 0.207 e. The first-order valence-electron chi connectivity index (χ1n) is 6.05. The van der Waals surface area contributed by atoms with Crippen molar-refractivity contribution in [1.29, 1.82) is 0 Å². The number of rotatable bonds is 5.